The number of aliphatic carboxylic acids is 1. The van der Waals surface area contributed by atoms with Gasteiger partial charge in [-0.2, -0.15) is 0 Å². The molecule has 0 spiro atoms. The van der Waals surface area contributed by atoms with E-state index >= 15 is 0 Å². The lowest BCUT2D eigenvalue weighted by Crippen LogP contribution is -2.62. The lowest BCUT2D eigenvalue weighted by molar-refractivity contribution is -0.142. The van der Waals surface area contributed by atoms with Gasteiger partial charge in [0.2, 0.25) is 5.91 Å². The molecule has 2 atom stereocenters. The minimum Gasteiger partial charge on any atom is -0.496 e. The molecule has 0 radical (unpaired) electrons. The zero-order valence-corrected chi connectivity index (χ0v) is 20.3. The average Bonchev–Trinajstić information content (AvgIpc) is 2.83. The first-order chi connectivity index (χ1) is 16.1. The van der Waals surface area contributed by atoms with E-state index in [1.165, 1.54) is 0 Å². The first-order valence-electron chi connectivity index (χ1n) is 10.9. The molecule has 2 aromatic rings. The van der Waals surface area contributed by atoms with Crippen molar-refractivity contribution in [1.29, 1.82) is 0 Å². The van der Waals surface area contributed by atoms with Crippen LogP contribution in [0.2, 0.25) is 0 Å². The normalized spacial score (nSPS) is 19.1. The van der Waals surface area contributed by atoms with Gasteiger partial charge in [-0.25, -0.2) is 13.2 Å². The van der Waals surface area contributed by atoms with Crippen molar-refractivity contribution in [3.05, 3.63) is 48.0 Å². The lowest BCUT2D eigenvalue weighted by Gasteiger charge is -2.35. The van der Waals surface area contributed by atoms with Crippen LogP contribution >= 0.6 is 0 Å². The summed E-state index contributed by atoms with van der Waals surface area (Å²) in [5, 5.41) is 15.1. The van der Waals surface area contributed by atoms with Gasteiger partial charge in [-0.3, -0.25) is 4.79 Å². The minimum atomic E-state index is -3.77. The van der Waals surface area contributed by atoms with E-state index in [9.17, 15) is 23.1 Å². The summed E-state index contributed by atoms with van der Waals surface area (Å²) in [4.78, 5) is 24.9. The molecule has 1 amide bonds. The molecule has 1 aliphatic rings. The molecule has 1 aliphatic heterocycles. The molecular weight excluding hydrogens is 460 g/mol. The third-order valence-electron chi connectivity index (χ3n) is 6.18. The van der Waals surface area contributed by atoms with Crippen molar-refractivity contribution in [3.8, 4) is 22.6 Å². The molecule has 3 N–H and O–H groups in total. The maximum atomic E-state index is 13.0. The van der Waals surface area contributed by atoms with E-state index in [-0.39, 0.29) is 19.4 Å². The Bertz CT molecular complexity index is 1120. The molecular formula is C24H30N2O7S. The fraction of sp³-hybridized carbons (Fsp3) is 0.417. The number of amides is 1. The van der Waals surface area contributed by atoms with Crippen LogP contribution in [0, 0.1) is 0 Å². The van der Waals surface area contributed by atoms with Crippen LogP contribution in [0.4, 0.5) is 0 Å². The first-order valence-corrected chi connectivity index (χ1v) is 12.8. The predicted octanol–water partition coefficient (Wildman–Crippen LogP) is 1.65. The molecule has 1 saturated heterocycles. The maximum Gasteiger partial charge on any atom is 0.326 e. The van der Waals surface area contributed by atoms with Gasteiger partial charge in [0, 0.05) is 19.2 Å². The largest absolute Gasteiger partial charge is 0.496 e. The molecule has 0 bridgehead atoms. The van der Waals surface area contributed by atoms with E-state index in [2.05, 4.69) is 10.6 Å². The Balaban J connectivity index is 1.82. The smallest absolute Gasteiger partial charge is 0.326 e. The van der Waals surface area contributed by atoms with Crippen LogP contribution in [-0.2, 0) is 25.8 Å². The van der Waals surface area contributed by atoms with Crippen molar-refractivity contribution in [2.75, 3.05) is 33.6 Å². The Morgan fingerprint density at radius 1 is 1.12 bits per heavy atom. The van der Waals surface area contributed by atoms with E-state index in [0.717, 1.165) is 17.4 Å². The topological polar surface area (TPSA) is 131 Å². The van der Waals surface area contributed by atoms with Crippen LogP contribution in [0.3, 0.4) is 0 Å². The molecule has 1 heterocycles. The van der Waals surface area contributed by atoms with Gasteiger partial charge in [-0.15, -0.1) is 0 Å². The summed E-state index contributed by atoms with van der Waals surface area (Å²) >= 11 is 0. The predicted molar refractivity (Wildman–Crippen MR) is 128 cm³/mol. The summed E-state index contributed by atoms with van der Waals surface area (Å²) in [7, 11) is -0.637. The number of hydrogen-bond donors (Lipinski definition) is 3. The molecule has 2 aromatic carbocycles. The molecule has 9 nitrogen and oxygen atoms in total. The van der Waals surface area contributed by atoms with Crippen molar-refractivity contribution in [3.63, 3.8) is 0 Å². The fourth-order valence-corrected chi connectivity index (χ4v) is 5.50. The second-order valence-corrected chi connectivity index (χ2v) is 10.7. The third-order valence-corrected chi connectivity index (χ3v) is 8.14. The van der Waals surface area contributed by atoms with Gasteiger partial charge >= 0.3 is 5.97 Å². The number of benzene rings is 2. The maximum absolute atomic E-state index is 13.0. The summed E-state index contributed by atoms with van der Waals surface area (Å²) in [5.41, 5.74) is 2.25. The number of carbonyl (C=O) groups is 2. The number of nitrogens with one attached hydrogen (secondary N) is 2. The molecule has 1 fully saturated rings. The number of carbonyl (C=O) groups excluding carboxylic acids is 1. The van der Waals surface area contributed by atoms with Crippen LogP contribution in [0.5, 0.6) is 11.5 Å². The third kappa shape index (κ3) is 5.18. The Kier molecular flexibility index (Phi) is 7.83. The molecule has 0 aliphatic carbocycles. The zero-order chi connectivity index (χ0) is 24.9. The van der Waals surface area contributed by atoms with Crippen LogP contribution < -0.4 is 20.1 Å². The van der Waals surface area contributed by atoms with Gasteiger partial charge in [0.05, 0.1) is 19.8 Å². The summed E-state index contributed by atoms with van der Waals surface area (Å²) in [6.07, 6.45) is 1.66. The molecule has 0 aromatic heterocycles. The van der Waals surface area contributed by atoms with Gasteiger partial charge in [0.25, 0.3) is 0 Å². The highest BCUT2D eigenvalue weighted by Gasteiger charge is 2.49. The molecule has 10 heteroatoms. The summed E-state index contributed by atoms with van der Waals surface area (Å²) in [6, 6.07) is 11.3. The van der Waals surface area contributed by atoms with Crippen molar-refractivity contribution in [1.82, 2.24) is 10.6 Å². The highest BCUT2D eigenvalue weighted by atomic mass is 32.2. The summed E-state index contributed by atoms with van der Waals surface area (Å²) in [6.45, 7) is 0.565. The molecule has 0 saturated carbocycles. The van der Waals surface area contributed by atoms with E-state index in [1.54, 1.807) is 26.4 Å². The molecule has 1 unspecified atom stereocenters. The minimum absolute atomic E-state index is 0.00230. The van der Waals surface area contributed by atoms with E-state index in [0.29, 0.717) is 30.0 Å². The molecule has 184 valence electrons. The number of carboxylic acids is 1. The van der Waals surface area contributed by atoms with Gasteiger partial charge < -0.3 is 25.2 Å². The van der Waals surface area contributed by atoms with Crippen LogP contribution in [0.1, 0.15) is 18.4 Å². The van der Waals surface area contributed by atoms with Crippen molar-refractivity contribution in [2.45, 2.75) is 30.1 Å². The monoisotopic (exact) mass is 490 g/mol. The average molecular weight is 491 g/mol. The summed E-state index contributed by atoms with van der Waals surface area (Å²) < 4.78 is 34.2. The van der Waals surface area contributed by atoms with E-state index < -0.39 is 32.5 Å². The van der Waals surface area contributed by atoms with E-state index in [4.69, 9.17) is 9.47 Å². The quantitative estimate of drug-likeness (QED) is 0.484. The van der Waals surface area contributed by atoms with E-state index in [1.807, 2.05) is 30.3 Å². The van der Waals surface area contributed by atoms with Crippen molar-refractivity contribution in [2.24, 2.45) is 0 Å². The molecule has 34 heavy (non-hydrogen) atoms. The fourth-order valence-electron chi connectivity index (χ4n) is 4.23. The Morgan fingerprint density at radius 3 is 2.21 bits per heavy atom. The van der Waals surface area contributed by atoms with Gasteiger partial charge in [-0.1, -0.05) is 30.3 Å². The number of methoxy groups -OCH3 is 2. The van der Waals surface area contributed by atoms with Crippen LogP contribution in [-0.4, -0.2) is 69.8 Å². The Labute approximate surface area is 199 Å². The van der Waals surface area contributed by atoms with Crippen LogP contribution in [0.25, 0.3) is 11.1 Å². The Hall–Kier alpha value is -3.11. The number of sulfone groups is 1. The lowest BCUT2D eigenvalue weighted by atomic mass is 9.96. The van der Waals surface area contributed by atoms with Gasteiger partial charge in [0.15, 0.2) is 14.6 Å². The number of rotatable bonds is 9. The second-order valence-electron chi connectivity index (χ2n) is 8.35. The standard InChI is InChI=1S/C24H30N2O7S/c1-32-19-6-4-7-20(33-2)21(19)17-10-8-16(9-11-17)14-18(22(27)28)26-23(29)24(34(3,30)31)12-5-13-25-15-24/h4,6-11,18,25H,5,12-15H2,1-3H3,(H,26,29)(H,27,28)/t18-,24?/m0/s1. The van der Waals surface area contributed by atoms with Gasteiger partial charge in [0.1, 0.15) is 17.5 Å². The second kappa shape index (κ2) is 10.4. The highest BCUT2D eigenvalue weighted by molar-refractivity contribution is 7.93. The number of hydrogen-bond acceptors (Lipinski definition) is 7. The zero-order valence-electron chi connectivity index (χ0n) is 19.5. The van der Waals surface area contributed by atoms with Crippen LogP contribution in [0.15, 0.2) is 42.5 Å². The number of carboxylic acid groups (broad SMARTS) is 1. The SMILES string of the molecule is COc1cccc(OC)c1-c1ccc(C[C@H](NC(=O)C2(S(C)(=O)=O)CCCNC2)C(=O)O)cc1. The first kappa shape index (κ1) is 25.5. The summed E-state index contributed by atoms with van der Waals surface area (Å²) in [5.74, 6) is -0.758. The van der Waals surface area contributed by atoms with Gasteiger partial charge in [-0.05, 0) is 42.6 Å². The van der Waals surface area contributed by atoms with Crippen molar-refractivity contribution >= 4 is 21.7 Å². The Morgan fingerprint density at radius 2 is 1.74 bits per heavy atom. The van der Waals surface area contributed by atoms with Crippen molar-refractivity contribution < 1.29 is 32.6 Å². The number of piperidine rings is 1. The number of ether oxygens (including phenoxy) is 2. The highest BCUT2D eigenvalue weighted by Crippen LogP contribution is 2.38. The molecule has 3 rings (SSSR count).